The molecule has 19 heavy (non-hydrogen) atoms. The maximum atomic E-state index is 11.4. The molecule has 0 bridgehead atoms. The minimum Gasteiger partial charge on any atom is -0.378 e. The Bertz CT molecular complexity index is 662. The van der Waals surface area contributed by atoms with Gasteiger partial charge in [-0.15, -0.1) is 11.3 Å². The van der Waals surface area contributed by atoms with E-state index in [1.54, 1.807) is 35.6 Å². The second-order valence-corrected chi connectivity index (χ2v) is 8.11. The van der Waals surface area contributed by atoms with Gasteiger partial charge in [0.2, 0.25) is 0 Å². The molecule has 0 amide bonds. The summed E-state index contributed by atoms with van der Waals surface area (Å²) >= 11 is 5.19. The zero-order valence-corrected chi connectivity index (χ0v) is 13.8. The third kappa shape index (κ3) is 3.58. The van der Waals surface area contributed by atoms with Gasteiger partial charge in [0.15, 0.2) is 9.84 Å². The predicted molar refractivity (Wildman–Crippen MR) is 83.6 cm³/mol. The Labute approximate surface area is 125 Å². The van der Waals surface area contributed by atoms with E-state index in [0.717, 1.165) is 10.2 Å². The normalized spacial score (nSPS) is 13.2. The molecule has 0 saturated carbocycles. The molecule has 3 nitrogen and oxygen atoms in total. The van der Waals surface area contributed by atoms with Crippen LogP contribution in [0.15, 0.2) is 45.1 Å². The number of halogens is 1. The molecule has 0 spiro atoms. The molecular weight excluding hydrogens is 346 g/mol. The molecule has 0 saturated heterocycles. The van der Waals surface area contributed by atoms with E-state index < -0.39 is 9.84 Å². The molecule has 2 aromatic rings. The first kappa shape index (κ1) is 14.6. The standard InChI is InChI=1S/C13H14BrNO2S2/c1-9(13-12(14)7-8-18-13)15-10-3-5-11(6-4-10)19(2,16)17/h3-9,15H,1-2H3. The van der Waals surface area contributed by atoms with Crippen LogP contribution in [0.2, 0.25) is 0 Å². The first-order valence-corrected chi connectivity index (χ1v) is 9.24. The summed E-state index contributed by atoms with van der Waals surface area (Å²) in [5.74, 6) is 0. The average Bonchev–Trinajstić information content (AvgIpc) is 2.75. The van der Waals surface area contributed by atoms with Crippen LogP contribution in [0.5, 0.6) is 0 Å². The highest BCUT2D eigenvalue weighted by molar-refractivity contribution is 9.10. The number of hydrogen-bond donors (Lipinski definition) is 1. The van der Waals surface area contributed by atoms with Gasteiger partial charge in [-0.1, -0.05) is 0 Å². The van der Waals surface area contributed by atoms with Crippen LogP contribution in [0.4, 0.5) is 5.69 Å². The van der Waals surface area contributed by atoms with E-state index in [0.29, 0.717) is 4.90 Å². The van der Waals surface area contributed by atoms with Crippen LogP contribution in [-0.2, 0) is 9.84 Å². The lowest BCUT2D eigenvalue weighted by Crippen LogP contribution is -2.05. The van der Waals surface area contributed by atoms with Crippen LogP contribution < -0.4 is 5.32 Å². The van der Waals surface area contributed by atoms with E-state index in [4.69, 9.17) is 0 Å². The van der Waals surface area contributed by atoms with Gasteiger partial charge in [0.05, 0.1) is 10.9 Å². The highest BCUT2D eigenvalue weighted by Crippen LogP contribution is 2.31. The smallest absolute Gasteiger partial charge is 0.175 e. The summed E-state index contributed by atoms with van der Waals surface area (Å²) in [6.45, 7) is 2.07. The number of anilines is 1. The first-order chi connectivity index (χ1) is 8.88. The summed E-state index contributed by atoms with van der Waals surface area (Å²) in [5, 5.41) is 5.38. The minimum absolute atomic E-state index is 0.165. The molecule has 102 valence electrons. The molecule has 1 aromatic heterocycles. The van der Waals surface area contributed by atoms with Crippen LogP contribution in [0, 0.1) is 0 Å². The average molecular weight is 360 g/mol. The van der Waals surface area contributed by atoms with Gasteiger partial charge >= 0.3 is 0 Å². The van der Waals surface area contributed by atoms with Crippen molar-refractivity contribution in [2.24, 2.45) is 0 Å². The van der Waals surface area contributed by atoms with Gasteiger partial charge in [0.1, 0.15) is 0 Å². The number of sulfone groups is 1. The molecule has 1 atom stereocenters. The molecular formula is C13H14BrNO2S2. The molecule has 2 rings (SSSR count). The van der Waals surface area contributed by atoms with Gasteiger partial charge in [0, 0.05) is 21.3 Å². The number of rotatable bonds is 4. The van der Waals surface area contributed by atoms with E-state index in [-0.39, 0.29) is 6.04 Å². The number of benzene rings is 1. The fourth-order valence-electron chi connectivity index (χ4n) is 1.73. The Morgan fingerprint density at radius 3 is 2.32 bits per heavy atom. The zero-order chi connectivity index (χ0) is 14.0. The Balaban J connectivity index is 2.14. The molecule has 0 radical (unpaired) electrons. The van der Waals surface area contributed by atoms with E-state index in [1.807, 2.05) is 11.4 Å². The number of nitrogens with one attached hydrogen (secondary N) is 1. The van der Waals surface area contributed by atoms with Crippen molar-refractivity contribution in [1.82, 2.24) is 0 Å². The SMILES string of the molecule is CC(Nc1ccc(S(C)(=O)=O)cc1)c1sccc1Br. The van der Waals surface area contributed by atoms with Gasteiger partial charge in [-0.2, -0.15) is 0 Å². The molecule has 1 aromatic carbocycles. The molecule has 0 aliphatic rings. The van der Waals surface area contributed by atoms with Crippen molar-refractivity contribution in [2.45, 2.75) is 17.9 Å². The monoisotopic (exact) mass is 359 g/mol. The van der Waals surface area contributed by atoms with Crippen molar-refractivity contribution in [3.05, 3.63) is 45.1 Å². The largest absolute Gasteiger partial charge is 0.378 e. The zero-order valence-electron chi connectivity index (χ0n) is 10.6. The van der Waals surface area contributed by atoms with Crippen LogP contribution in [0.1, 0.15) is 17.8 Å². The predicted octanol–water partition coefficient (Wildman–Crippen LogP) is 4.09. The Morgan fingerprint density at radius 2 is 1.84 bits per heavy atom. The topological polar surface area (TPSA) is 46.2 Å². The second-order valence-electron chi connectivity index (χ2n) is 4.30. The Hall–Kier alpha value is -0.850. The quantitative estimate of drug-likeness (QED) is 0.893. The van der Waals surface area contributed by atoms with Crippen molar-refractivity contribution in [2.75, 3.05) is 11.6 Å². The Morgan fingerprint density at radius 1 is 1.21 bits per heavy atom. The van der Waals surface area contributed by atoms with Crippen LogP contribution in [-0.4, -0.2) is 14.7 Å². The third-order valence-corrected chi connectivity index (χ3v) is 5.89. The van der Waals surface area contributed by atoms with Crippen LogP contribution in [0.3, 0.4) is 0 Å². The number of hydrogen-bond acceptors (Lipinski definition) is 4. The lowest BCUT2D eigenvalue weighted by atomic mass is 10.2. The van der Waals surface area contributed by atoms with Gasteiger partial charge in [-0.05, 0) is 58.6 Å². The van der Waals surface area contributed by atoms with Gasteiger partial charge < -0.3 is 5.32 Å². The lowest BCUT2D eigenvalue weighted by molar-refractivity contribution is 0.602. The third-order valence-electron chi connectivity index (χ3n) is 2.70. The van der Waals surface area contributed by atoms with Gasteiger partial charge in [0.25, 0.3) is 0 Å². The molecule has 0 aliphatic carbocycles. The maximum absolute atomic E-state index is 11.4. The molecule has 1 N–H and O–H groups in total. The van der Waals surface area contributed by atoms with Crippen molar-refractivity contribution in [1.29, 1.82) is 0 Å². The molecule has 1 unspecified atom stereocenters. The van der Waals surface area contributed by atoms with E-state index >= 15 is 0 Å². The first-order valence-electron chi connectivity index (χ1n) is 5.67. The summed E-state index contributed by atoms with van der Waals surface area (Å²) < 4.78 is 23.8. The summed E-state index contributed by atoms with van der Waals surface area (Å²) in [6, 6.07) is 8.99. The van der Waals surface area contributed by atoms with Crippen molar-refractivity contribution >= 4 is 42.8 Å². The molecule has 6 heteroatoms. The fourth-order valence-corrected chi connectivity index (χ4v) is 4.08. The molecule has 0 fully saturated rings. The highest BCUT2D eigenvalue weighted by Gasteiger charge is 2.11. The Kier molecular flexibility index (Phi) is 4.32. The molecule has 0 aliphatic heterocycles. The van der Waals surface area contributed by atoms with E-state index in [1.165, 1.54) is 11.1 Å². The summed E-state index contributed by atoms with van der Waals surface area (Å²) in [5.41, 5.74) is 0.903. The lowest BCUT2D eigenvalue weighted by Gasteiger charge is -2.14. The summed E-state index contributed by atoms with van der Waals surface area (Å²) in [7, 11) is -3.13. The van der Waals surface area contributed by atoms with E-state index in [2.05, 4.69) is 28.2 Å². The van der Waals surface area contributed by atoms with Gasteiger partial charge in [-0.3, -0.25) is 0 Å². The summed E-state index contributed by atoms with van der Waals surface area (Å²) in [6.07, 6.45) is 1.21. The summed E-state index contributed by atoms with van der Waals surface area (Å²) in [4.78, 5) is 1.55. The number of thiophene rings is 1. The van der Waals surface area contributed by atoms with Crippen molar-refractivity contribution in [3.63, 3.8) is 0 Å². The second kappa shape index (κ2) is 5.64. The highest BCUT2D eigenvalue weighted by atomic mass is 79.9. The fraction of sp³-hybridized carbons (Fsp3) is 0.231. The van der Waals surface area contributed by atoms with E-state index in [9.17, 15) is 8.42 Å². The van der Waals surface area contributed by atoms with Crippen molar-refractivity contribution in [3.8, 4) is 0 Å². The molecule has 1 heterocycles. The minimum atomic E-state index is -3.13. The van der Waals surface area contributed by atoms with Crippen LogP contribution >= 0.6 is 27.3 Å². The van der Waals surface area contributed by atoms with Crippen molar-refractivity contribution < 1.29 is 8.42 Å². The van der Waals surface area contributed by atoms with Crippen LogP contribution in [0.25, 0.3) is 0 Å². The van der Waals surface area contributed by atoms with Gasteiger partial charge in [-0.25, -0.2) is 8.42 Å². The maximum Gasteiger partial charge on any atom is 0.175 e.